The molecule has 1 heterocycles. The van der Waals surface area contributed by atoms with Gasteiger partial charge in [0.2, 0.25) is 5.91 Å². The molecular formula is C11H20N2O2. The molecule has 15 heavy (non-hydrogen) atoms. The first-order valence-corrected chi connectivity index (χ1v) is 5.90. The highest BCUT2D eigenvalue weighted by atomic mass is 16.5. The molecule has 4 nitrogen and oxygen atoms in total. The smallest absolute Gasteiger partial charge is 0.249 e. The van der Waals surface area contributed by atoms with E-state index in [9.17, 15) is 4.79 Å². The Balaban J connectivity index is 1.63. The van der Waals surface area contributed by atoms with Crippen molar-refractivity contribution in [2.45, 2.75) is 44.2 Å². The van der Waals surface area contributed by atoms with Crippen molar-refractivity contribution in [1.29, 1.82) is 0 Å². The zero-order valence-corrected chi connectivity index (χ0v) is 9.08. The predicted octanol–water partition coefficient (Wildman–Crippen LogP) is 0.409. The lowest BCUT2D eigenvalue weighted by molar-refractivity contribution is -0.135. The quantitative estimate of drug-likeness (QED) is 0.712. The predicted molar refractivity (Wildman–Crippen MR) is 57.3 cm³/mol. The number of amides is 1. The van der Waals surface area contributed by atoms with Crippen molar-refractivity contribution in [2.24, 2.45) is 11.7 Å². The molecule has 86 valence electrons. The van der Waals surface area contributed by atoms with Crippen molar-refractivity contribution < 1.29 is 9.53 Å². The van der Waals surface area contributed by atoms with Crippen LogP contribution < -0.4 is 11.1 Å². The van der Waals surface area contributed by atoms with E-state index in [0.717, 1.165) is 45.3 Å². The first-order chi connectivity index (χ1) is 7.25. The number of carbonyl (C=O) groups excluding carboxylic acids is 1. The van der Waals surface area contributed by atoms with Gasteiger partial charge in [0.05, 0.1) is 0 Å². The van der Waals surface area contributed by atoms with Crippen LogP contribution >= 0.6 is 0 Å². The Labute approximate surface area is 90.5 Å². The van der Waals surface area contributed by atoms with Crippen LogP contribution in [0.4, 0.5) is 0 Å². The average molecular weight is 212 g/mol. The minimum atomic E-state index is -0.201. The maximum Gasteiger partial charge on any atom is 0.249 e. The molecule has 1 aliphatic carbocycles. The third kappa shape index (κ3) is 2.92. The van der Waals surface area contributed by atoms with Crippen molar-refractivity contribution in [3.63, 3.8) is 0 Å². The first kappa shape index (κ1) is 10.9. The summed E-state index contributed by atoms with van der Waals surface area (Å²) in [5.41, 5.74) is 5.68. The fraction of sp³-hybridized carbons (Fsp3) is 0.909. The van der Waals surface area contributed by atoms with Crippen LogP contribution in [-0.4, -0.2) is 31.2 Å². The molecule has 0 radical (unpaired) electrons. The lowest BCUT2D eigenvalue weighted by Crippen LogP contribution is -2.45. The van der Waals surface area contributed by atoms with Crippen molar-refractivity contribution in [3.8, 4) is 0 Å². The SMILES string of the molecule is NC1CC(CNC(=O)C2CCCCO2)C1. The lowest BCUT2D eigenvalue weighted by atomic mass is 9.81. The van der Waals surface area contributed by atoms with Crippen molar-refractivity contribution in [2.75, 3.05) is 13.2 Å². The fourth-order valence-electron chi connectivity index (χ4n) is 2.26. The average Bonchev–Trinajstić information content (AvgIpc) is 2.23. The van der Waals surface area contributed by atoms with Gasteiger partial charge in [-0.05, 0) is 38.0 Å². The molecule has 2 fully saturated rings. The molecule has 1 saturated heterocycles. The third-order valence-electron chi connectivity index (χ3n) is 3.31. The molecule has 4 heteroatoms. The molecular weight excluding hydrogens is 192 g/mol. The van der Waals surface area contributed by atoms with Crippen LogP contribution in [0.3, 0.4) is 0 Å². The van der Waals surface area contributed by atoms with Crippen LogP contribution in [0.5, 0.6) is 0 Å². The summed E-state index contributed by atoms with van der Waals surface area (Å²) in [7, 11) is 0. The highest BCUT2D eigenvalue weighted by Gasteiger charge is 2.27. The van der Waals surface area contributed by atoms with Gasteiger partial charge in [-0.25, -0.2) is 0 Å². The third-order valence-corrected chi connectivity index (χ3v) is 3.31. The van der Waals surface area contributed by atoms with Crippen LogP contribution in [-0.2, 0) is 9.53 Å². The van der Waals surface area contributed by atoms with Gasteiger partial charge in [0.15, 0.2) is 0 Å². The Morgan fingerprint density at radius 2 is 2.20 bits per heavy atom. The monoisotopic (exact) mass is 212 g/mol. The minimum absolute atomic E-state index is 0.0650. The van der Waals surface area contributed by atoms with Crippen molar-refractivity contribution in [3.05, 3.63) is 0 Å². The Hall–Kier alpha value is -0.610. The highest BCUT2D eigenvalue weighted by molar-refractivity contribution is 5.80. The van der Waals surface area contributed by atoms with E-state index in [1.807, 2.05) is 0 Å². The molecule has 0 bridgehead atoms. The van der Waals surface area contributed by atoms with Gasteiger partial charge in [0, 0.05) is 19.2 Å². The maximum absolute atomic E-state index is 11.7. The number of nitrogens with one attached hydrogen (secondary N) is 1. The van der Waals surface area contributed by atoms with Crippen LogP contribution in [0.25, 0.3) is 0 Å². The van der Waals surface area contributed by atoms with E-state index in [-0.39, 0.29) is 12.0 Å². The van der Waals surface area contributed by atoms with Gasteiger partial charge >= 0.3 is 0 Å². The second-order valence-corrected chi connectivity index (χ2v) is 4.70. The Bertz CT molecular complexity index is 221. The number of hydrogen-bond donors (Lipinski definition) is 2. The van der Waals surface area contributed by atoms with E-state index in [4.69, 9.17) is 10.5 Å². The van der Waals surface area contributed by atoms with E-state index in [2.05, 4.69) is 5.32 Å². The van der Waals surface area contributed by atoms with Gasteiger partial charge in [0.25, 0.3) is 0 Å². The number of nitrogens with two attached hydrogens (primary N) is 1. The zero-order valence-electron chi connectivity index (χ0n) is 9.08. The van der Waals surface area contributed by atoms with Crippen LogP contribution in [0.15, 0.2) is 0 Å². The standard InChI is InChI=1S/C11H20N2O2/c12-9-5-8(6-9)7-13-11(14)10-3-1-2-4-15-10/h8-10H,1-7,12H2,(H,13,14). The molecule has 1 aliphatic heterocycles. The molecule has 1 atom stereocenters. The molecule has 1 saturated carbocycles. The van der Waals surface area contributed by atoms with Gasteiger partial charge < -0.3 is 15.8 Å². The number of ether oxygens (including phenoxy) is 1. The van der Waals surface area contributed by atoms with Crippen molar-refractivity contribution >= 4 is 5.91 Å². The summed E-state index contributed by atoms with van der Waals surface area (Å²) < 4.78 is 5.41. The van der Waals surface area contributed by atoms with Gasteiger partial charge in [-0.1, -0.05) is 0 Å². The van der Waals surface area contributed by atoms with Gasteiger partial charge in [-0.3, -0.25) is 4.79 Å². The molecule has 2 rings (SSSR count). The van der Waals surface area contributed by atoms with Gasteiger partial charge in [0.1, 0.15) is 6.10 Å². The molecule has 0 aromatic rings. The Morgan fingerprint density at radius 1 is 1.40 bits per heavy atom. The largest absolute Gasteiger partial charge is 0.368 e. The lowest BCUT2D eigenvalue weighted by Gasteiger charge is -2.33. The summed E-state index contributed by atoms with van der Waals surface area (Å²) in [4.78, 5) is 11.7. The molecule has 3 N–H and O–H groups in total. The van der Waals surface area contributed by atoms with Gasteiger partial charge in [-0.15, -0.1) is 0 Å². The molecule has 0 aromatic carbocycles. The summed E-state index contributed by atoms with van der Waals surface area (Å²) in [5.74, 6) is 0.655. The summed E-state index contributed by atoms with van der Waals surface area (Å²) in [5, 5.41) is 2.96. The number of rotatable bonds is 3. The fourth-order valence-corrected chi connectivity index (χ4v) is 2.26. The van der Waals surface area contributed by atoms with Crippen LogP contribution in [0.2, 0.25) is 0 Å². The van der Waals surface area contributed by atoms with Gasteiger partial charge in [-0.2, -0.15) is 0 Å². The van der Waals surface area contributed by atoms with Crippen LogP contribution in [0.1, 0.15) is 32.1 Å². The summed E-state index contributed by atoms with van der Waals surface area (Å²) in [6, 6.07) is 0.359. The van der Waals surface area contributed by atoms with E-state index >= 15 is 0 Å². The van der Waals surface area contributed by atoms with E-state index in [1.165, 1.54) is 0 Å². The van der Waals surface area contributed by atoms with Crippen LogP contribution in [0, 0.1) is 5.92 Å². The van der Waals surface area contributed by atoms with E-state index in [0.29, 0.717) is 12.0 Å². The second kappa shape index (κ2) is 4.94. The number of carbonyl (C=O) groups is 1. The highest BCUT2D eigenvalue weighted by Crippen LogP contribution is 2.24. The van der Waals surface area contributed by atoms with E-state index in [1.54, 1.807) is 0 Å². The summed E-state index contributed by atoms with van der Waals surface area (Å²) >= 11 is 0. The minimum Gasteiger partial charge on any atom is -0.368 e. The first-order valence-electron chi connectivity index (χ1n) is 5.90. The second-order valence-electron chi connectivity index (χ2n) is 4.70. The zero-order chi connectivity index (χ0) is 10.7. The topological polar surface area (TPSA) is 64.3 Å². The normalized spacial score (nSPS) is 35.7. The molecule has 0 spiro atoms. The summed E-state index contributed by atoms with van der Waals surface area (Å²) in [6.45, 7) is 1.50. The molecule has 0 aromatic heterocycles. The number of hydrogen-bond acceptors (Lipinski definition) is 3. The molecule has 2 aliphatic rings. The van der Waals surface area contributed by atoms with Crippen molar-refractivity contribution in [1.82, 2.24) is 5.32 Å². The molecule has 1 unspecified atom stereocenters. The Morgan fingerprint density at radius 3 is 2.80 bits per heavy atom. The summed E-state index contributed by atoms with van der Waals surface area (Å²) in [6.07, 6.45) is 4.95. The van der Waals surface area contributed by atoms with E-state index < -0.39 is 0 Å². The Kier molecular flexibility index (Phi) is 3.59. The molecule has 1 amide bonds. The maximum atomic E-state index is 11.7.